The van der Waals surface area contributed by atoms with E-state index in [0.29, 0.717) is 47.4 Å². The van der Waals surface area contributed by atoms with Gasteiger partial charge in [-0.3, -0.25) is 19.9 Å². The number of aryl methyl sites for hydroxylation is 1. The molecule has 0 aliphatic carbocycles. The van der Waals surface area contributed by atoms with E-state index in [1.165, 1.54) is 45.3 Å². The summed E-state index contributed by atoms with van der Waals surface area (Å²) in [6, 6.07) is 6.33. The summed E-state index contributed by atoms with van der Waals surface area (Å²) < 4.78 is 95.5. The third kappa shape index (κ3) is 8.11. The van der Waals surface area contributed by atoms with Crippen molar-refractivity contribution in [3.8, 4) is 11.1 Å². The van der Waals surface area contributed by atoms with Crippen LogP contribution in [0.2, 0.25) is 0 Å². The largest absolute Gasteiger partial charge is 0.416 e. The molecule has 0 radical (unpaired) electrons. The zero-order chi connectivity index (χ0) is 33.0. The Morgan fingerprint density at radius 1 is 0.915 bits per heavy atom. The summed E-state index contributed by atoms with van der Waals surface area (Å²) in [4.78, 5) is 31.5. The van der Waals surface area contributed by atoms with Crippen LogP contribution in [0, 0.1) is 12.7 Å². The molecule has 1 saturated heterocycles. The van der Waals surface area contributed by atoms with Gasteiger partial charge in [-0.1, -0.05) is 28.3 Å². The highest BCUT2D eigenvalue weighted by atomic mass is 19.4. The fourth-order valence-corrected chi connectivity index (χ4v) is 5.41. The third-order valence-corrected chi connectivity index (χ3v) is 8.22. The molecule has 2 aromatic carbocycles. The van der Waals surface area contributed by atoms with Gasteiger partial charge in [0.05, 0.1) is 45.7 Å². The number of primary amides is 1. The second-order valence-electron chi connectivity index (χ2n) is 11.8. The molecule has 3 N–H and O–H groups in total. The van der Waals surface area contributed by atoms with Gasteiger partial charge in [0.25, 0.3) is 0 Å². The number of carbonyl (C=O) groups is 2. The molecule has 47 heavy (non-hydrogen) atoms. The fourth-order valence-electron chi connectivity index (χ4n) is 5.41. The highest BCUT2D eigenvalue weighted by Gasteiger charge is 2.42. The number of halogens is 7. The lowest BCUT2D eigenvalue weighted by atomic mass is 9.81. The average molecular weight is 673 g/mol. The number of anilines is 1. The SMILES string of the molecule is C.C.C.Cc1cc(F)ccc1-c1cc(C2CCC(C)(C(N)=O)N2)ncc1N(C)C(=O)C(C)(C)c1cc(C(F)(F)F)cc(C(F)(F)F)c1. The molecule has 3 aromatic rings. The van der Waals surface area contributed by atoms with Gasteiger partial charge in [-0.15, -0.1) is 0 Å². The molecule has 0 spiro atoms. The van der Waals surface area contributed by atoms with Gasteiger partial charge >= 0.3 is 12.4 Å². The number of nitrogens with one attached hydrogen (secondary N) is 1. The van der Waals surface area contributed by atoms with E-state index >= 15 is 0 Å². The molecule has 2 amide bonds. The minimum Gasteiger partial charge on any atom is -0.368 e. The lowest BCUT2D eigenvalue weighted by Gasteiger charge is -2.32. The number of aromatic nitrogens is 1. The van der Waals surface area contributed by atoms with Gasteiger partial charge in [-0.25, -0.2) is 4.39 Å². The number of benzene rings is 2. The van der Waals surface area contributed by atoms with Crippen LogP contribution >= 0.6 is 0 Å². The molecule has 260 valence electrons. The summed E-state index contributed by atoms with van der Waals surface area (Å²) in [7, 11) is 1.33. The summed E-state index contributed by atoms with van der Waals surface area (Å²) in [6.07, 6.45) is -7.88. The van der Waals surface area contributed by atoms with Crippen molar-refractivity contribution < 1.29 is 40.3 Å². The van der Waals surface area contributed by atoms with Crippen LogP contribution in [-0.2, 0) is 27.4 Å². The van der Waals surface area contributed by atoms with Gasteiger partial charge in [0.15, 0.2) is 0 Å². The van der Waals surface area contributed by atoms with E-state index in [-0.39, 0.29) is 34.0 Å². The van der Waals surface area contributed by atoms with E-state index in [9.17, 15) is 40.3 Å². The summed E-state index contributed by atoms with van der Waals surface area (Å²) in [5.74, 6) is -1.87. The topological polar surface area (TPSA) is 88.3 Å². The molecular weight excluding hydrogens is 629 g/mol. The van der Waals surface area contributed by atoms with Gasteiger partial charge in [0.2, 0.25) is 11.8 Å². The van der Waals surface area contributed by atoms with Crippen molar-refractivity contribution in [1.29, 1.82) is 0 Å². The first-order chi connectivity index (χ1) is 20.1. The Morgan fingerprint density at radius 2 is 1.45 bits per heavy atom. The Balaban J connectivity index is 0.00000368. The average Bonchev–Trinajstić information content (AvgIpc) is 3.34. The van der Waals surface area contributed by atoms with Crippen molar-refractivity contribution in [2.24, 2.45) is 5.73 Å². The van der Waals surface area contributed by atoms with Crippen LogP contribution in [0.5, 0.6) is 0 Å². The molecule has 1 fully saturated rings. The number of amides is 2. The van der Waals surface area contributed by atoms with Gasteiger partial charge in [-0.05, 0) is 93.6 Å². The maximum atomic E-state index is 14.0. The molecule has 2 atom stereocenters. The Morgan fingerprint density at radius 3 is 1.91 bits per heavy atom. The molecule has 2 unspecified atom stereocenters. The van der Waals surface area contributed by atoms with E-state index in [1.807, 2.05) is 0 Å². The first-order valence-corrected chi connectivity index (χ1v) is 13.6. The fraction of sp³-hybridized carbons (Fsp3) is 0.441. The third-order valence-electron chi connectivity index (χ3n) is 8.22. The first kappa shape index (κ1) is 41.0. The molecule has 6 nitrogen and oxygen atoms in total. The Labute approximate surface area is 271 Å². The number of likely N-dealkylation sites (N-methyl/N-ethyl adjacent to an activating group) is 1. The van der Waals surface area contributed by atoms with Crippen molar-refractivity contribution in [1.82, 2.24) is 10.3 Å². The summed E-state index contributed by atoms with van der Waals surface area (Å²) >= 11 is 0. The number of rotatable bonds is 6. The predicted octanol–water partition coefficient (Wildman–Crippen LogP) is 8.75. The van der Waals surface area contributed by atoms with Gasteiger partial charge in [-0.2, -0.15) is 26.3 Å². The maximum Gasteiger partial charge on any atom is 0.416 e. The second kappa shape index (κ2) is 14.0. The predicted molar refractivity (Wildman–Crippen MR) is 170 cm³/mol. The highest BCUT2D eigenvalue weighted by Crippen LogP contribution is 2.42. The van der Waals surface area contributed by atoms with Crippen molar-refractivity contribution in [2.45, 2.75) is 92.2 Å². The number of carbonyl (C=O) groups excluding carboxylic acids is 2. The quantitative estimate of drug-likeness (QED) is 0.257. The monoisotopic (exact) mass is 672 g/mol. The number of alkyl halides is 6. The molecule has 0 bridgehead atoms. The van der Waals surface area contributed by atoms with Crippen LogP contribution in [0.4, 0.5) is 36.4 Å². The smallest absolute Gasteiger partial charge is 0.368 e. The molecule has 1 aliphatic rings. The van der Waals surface area contributed by atoms with E-state index < -0.39 is 63.7 Å². The standard InChI is InChI=1S/C31H31F7N4O2.3CH4/c1-16-10-20(32)6-7-21(16)22-14-24(23-8-9-29(4,41-23)26(39)43)40-15-25(22)42(5)27(44)28(2,3)17-11-18(30(33,34)35)13-19(12-17)31(36,37)38;;;/h6-7,10-15,23,41H,8-9H2,1-5H3,(H2,39,43);3*1H4. The number of hydrogen-bond acceptors (Lipinski definition) is 4. The molecular formula is C34H43F7N4O2. The number of hydrogen-bond donors (Lipinski definition) is 2. The highest BCUT2D eigenvalue weighted by molar-refractivity contribution is 6.03. The Bertz CT molecular complexity index is 1590. The molecule has 4 rings (SSSR count). The van der Waals surface area contributed by atoms with Crippen LogP contribution < -0.4 is 16.0 Å². The Hall–Kier alpha value is -4.00. The van der Waals surface area contributed by atoms with Crippen molar-refractivity contribution in [2.75, 3.05) is 11.9 Å². The van der Waals surface area contributed by atoms with E-state index in [4.69, 9.17) is 5.73 Å². The van der Waals surface area contributed by atoms with Crippen molar-refractivity contribution in [3.05, 3.63) is 82.4 Å². The second-order valence-corrected chi connectivity index (χ2v) is 11.8. The molecule has 13 heteroatoms. The Kier molecular flexibility index (Phi) is 12.2. The van der Waals surface area contributed by atoms with Crippen molar-refractivity contribution >= 4 is 17.5 Å². The minimum absolute atomic E-state index is 0. The number of pyridine rings is 1. The first-order valence-electron chi connectivity index (χ1n) is 13.6. The zero-order valence-electron chi connectivity index (χ0n) is 24.5. The van der Waals surface area contributed by atoms with Crippen LogP contribution in [0.1, 0.15) is 89.9 Å². The molecule has 2 heterocycles. The van der Waals surface area contributed by atoms with E-state index in [0.717, 1.165) is 4.90 Å². The number of nitrogens with two attached hydrogens (primary N) is 1. The van der Waals surface area contributed by atoms with E-state index in [2.05, 4.69) is 10.3 Å². The van der Waals surface area contributed by atoms with Gasteiger partial charge in [0.1, 0.15) is 5.82 Å². The van der Waals surface area contributed by atoms with Gasteiger partial charge < -0.3 is 10.6 Å². The zero-order valence-corrected chi connectivity index (χ0v) is 24.5. The molecule has 1 aliphatic heterocycles. The molecule has 0 saturated carbocycles. The normalized spacial score (nSPS) is 18.0. The van der Waals surface area contributed by atoms with Crippen LogP contribution in [0.25, 0.3) is 11.1 Å². The van der Waals surface area contributed by atoms with Crippen LogP contribution in [0.15, 0.2) is 48.7 Å². The lowest BCUT2D eigenvalue weighted by Crippen LogP contribution is -2.49. The minimum atomic E-state index is -5.09. The molecule has 1 aromatic heterocycles. The van der Waals surface area contributed by atoms with E-state index in [1.54, 1.807) is 19.9 Å². The summed E-state index contributed by atoms with van der Waals surface area (Å²) in [5, 5.41) is 3.18. The van der Waals surface area contributed by atoms with Crippen LogP contribution in [0.3, 0.4) is 0 Å². The van der Waals surface area contributed by atoms with Crippen molar-refractivity contribution in [3.63, 3.8) is 0 Å². The maximum absolute atomic E-state index is 14.0. The van der Waals surface area contributed by atoms with Crippen LogP contribution in [-0.4, -0.2) is 29.4 Å². The number of nitrogens with zero attached hydrogens (tertiary/aromatic N) is 2. The summed E-state index contributed by atoms with van der Waals surface area (Å²) in [6.45, 7) is 5.78. The van der Waals surface area contributed by atoms with Gasteiger partial charge in [0, 0.05) is 12.6 Å². The lowest BCUT2D eigenvalue weighted by molar-refractivity contribution is -0.143. The summed E-state index contributed by atoms with van der Waals surface area (Å²) in [5.41, 5.74) is 1.25.